The smallest absolute Gasteiger partial charge is 0.306 e. The van der Waals surface area contributed by atoms with Crippen molar-refractivity contribution >= 4 is 5.97 Å². The molecule has 21 heavy (non-hydrogen) atoms. The van der Waals surface area contributed by atoms with Crippen LogP contribution < -0.4 is 5.32 Å². The van der Waals surface area contributed by atoms with Gasteiger partial charge >= 0.3 is 5.97 Å². The van der Waals surface area contributed by atoms with Gasteiger partial charge in [0.1, 0.15) is 0 Å². The van der Waals surface area contributed by atoms with Crippen LogP contribution in [0.25, 0.3) is 0 Å². The lowest BCUT2D eigenvalue weighted by Crippen LogP contribution is -2.36. The van der Waals surface area contributed by atoms with Gasteiger partial charge in [0.2, 0.25) is 0 Å². The molecular weight excluding hydrogens is 262 g/mol. The highest BCUT2D eigenvalue weighted by atomic mass is 16.4. The van der Waals surface area contributed by atoms with E-state index in [-0.39, 0.29) is 11.3 Å². The quantitative estimate of drug-likeness (QED) is 0.888. The van der Waals surface area contributed by atoms with Gasteiger partial charge in [0, 0.05) is 12.6 Å². The van der Waals surface area contributed by atoms with Crippen molar-refractivity contribution < 1.29 is 9.90 Å². The molecule has 0 spiro atoms. The van der Waals surface area contributed by atoms with Crippen molar-refractivity contribution in [2.45, 2.75) is 64.5 Å². The molecule has 0 saturated heterocycles. The average molecular weight is 289 g/mol. The Kier molecular flexibility index (Phi) is 5.04. The number of carbonyl (C=O) groups is 1. The third-order valence-electron chi connectivity index (χ3n) is 4.44. The summed E-state index contributed by atoms with van der Waals surface area (Å²) in [6.45, 7) is 7.47. The molecule has 1 aliphatic carbocycles. The van der Waals surface area contributed by atoms with Gasteiger partial charge in [-0.15, -0.1) is 0 Å². The fourth-order valence-corrected chi connectivity index (χ4v) is 2.98. The van der Waals surface area contributed by atoms with Gasteiger partial charge < -0.3 is 10.4 Å². The van der Waals surface area contributed by atoms with Crippen molar-refractivity contribution in [3.63, 3.8) is 0 Å². The summed E-state index contributed by atoms with van der Waals surface area (Å²) in [5, 5.41) is 12.6. The van der Waals surface area contributed by atoms with Gasteiger partial charge in [-0.1, -0.05) is 51.5 Å². The normalized spacial score (nSPS) is 23.0. The first-order valence-corrected chi connectivity index (χ1v) is 7.92. The van der Waals surface area contributed by atoms with Crippen LogP contribution in [0.2, 0.25) is 0 Å². The van der Waals surface area contributed by atoms with E-state index in [1.54, 1.807) is 0 Å². The van der Waals surface area contributed by atoms with Crippen LogP contribution >= 0.6 is 0 Å². The topological polar surface area (TPSA) is 49.3 Å². The predicted molar refractivity (Wildman–Crippen MR) is 85.4 cm³/mol. The van der Waals surface area contributed by atoms with Gasteiger partial charge in [-0.25, -0.2) is 0 Å². The van der Waals surface area contributed by atoms with E-state index in [0.717, 1.165) is 32.2 Å². The number of carboxylic acid groups (broad SMARTS) is 1. The van der Waals surface area contributed by atoms with E-state index in [0.29, 0.717) is 6.04 Å². The molecule has 1 aromatic carbocycles. The molecule has 0 aliphatic heterocycles. The fourth-order valence-electron chi connectivity index (χ4n) is 2.98. The largest absolute Gasteiger partial charge is 0.481 e. The Morgan fingerprint density at radius 3 is 2.48 bits per heavy atom. The van der Waals surface area contributed by atoms with Crippen molar-refractivity contribution in [1.29, 1.82) is 0 Å². The second-order valence-corrected chi connectivity index (χ2v) is 7.23. The maximum Gasteiger partial charge on any atom is 0.306 e. The molecule has 1 aliphatic rings. The minimum atomic E-state index is -0.643. The van der Waals surface area contributed by atoms with Crippen molar-refractivity contribution in [3.8, 4) is 0 Å². The Labute approximate surface area is 127 Å². The summed E-state index contributed by atoms with van der Waals surface area (Å²) >= 11 is 0. The lowest BCUT2D eigenvalue weighted by Gasteiger charge is -2.27. The van der Waals surface area contributed by atoms with Crippen molar-refractivity contribution in [2.75, 3.05) is 0 Å². The van der Waals surface area contributed by atoms with Crippen molar-refractivity contribution in [2.24, 2.45) is 5.92 Å². The molecule has 1 fully saturated rings. The molecule has 0 radical (unpaired) electrons. The number of rotatable bonds is 4. The molecule has 1 saturated carbocycles. The van der Waals surface area contributed by atoms with E-state index in [4.69, 9.17) is 5.11 Å². The summed E-state index contributed by atoms with van der Waals surface area (Å²) in [5.41, 5.74) is 2.79. The number of carboxylic acids is 1. The van der Waals surface area contributed by atoms with E-state index in [2.05, 4.69) is 50.4 Å². The number of hydrogen-bond acceptors (Lipinski definition) is 2. The zero-order chi connectivity index (χ0) is 15.5. The van der Waals surface area contributed by atoms with E-state index in [1.807, 2.05) is 0 Å². The van der Waals surface area contributed by atoms with Crippen LogP contribution in [-0.2, 0) is 16.8 Å². The summed E-state index contributed by atoms with van der Waals surface area (Å²) < 4.78 is 0. The van der Waals surface area contributed by atoms with Crippen LogP contribution in [0.5, 0.6) is 0 Å². The lowest BCUT2D eigenvalue weighted by atomic mass is 9.85. The molecule has 3 nitrogen and oxygen atoms in total. The number of nitrogens with one attached hydrogen (secondary N) is 1. The highest BCUT2D eigenvalue weighted by Crippen LogP contribution is 2.25. The number of aliphatic carboxylic acids is 1. The highest BCUT2D eigenvalue weighted by Gasteiger charge is 2.26. The van der Waals surface area contributed by atoms with Gasteiger partial charge in [0.25, 0.3) is 0 Å². The van der Waals surface area contributed by atoms with Crippen LogP contribution in [0.15, 0.2) is 24.3 Å². The molecule has 2 rings (SSSR count). The Morgan fingerprint density at radius 1 is 1.24 bits per heavy atom. The second-order valence-electron chi connectivity index (χ2n) is 7.23. The molecule has 2 unspecified atom stereocenters. The molecule has 0 amide bonds. The zero-order valence-corrected chi connectivity index (χ0v) is 13.4. The maximum atomic E-state index is 11.1. The van der Waals surface area contributed by atoms with E-state index >= 15 is 0 Å². The van der Waals surface area contributed by atoms with Crippen molar-refractivity contribution in [3.05, 3.63) is 35.4 Å². The van der Waals surface area contributed by atoms with E-state index < -0.39 is 5.97 Å². The van der Waals surface area contributed by atoms with E-state index in [9.17, 15) is 4.79 Å². The van der Waals surface area contributed by atoms with Crippen LogP contribution in [0.4, 0.5) is 0 Å². The van der Waals surface area contributed by atoms with Gasteiger partial charge in [0.15, 0.2) is 0 Å². The van der Waals surface area contributed by atoms with E-state index in [1.165, 1.54) is 11.1 Å². The number of hydrogen-bond donors (Lipinski definition) is 2. The van der Waals surface area contributed by atoms with Crippen LogP contribution in [0.1, 0.15) is 57.6 Å². The summed E-state index contributed by atoms with van der Waals surface area (Å²) in [7, 11) is 0. The molecule has 0 bridgehead atoms. The Morgan fingerprint density at radius 2 is 1.90 bits per heavy atom. The van der Waals surface area contributed by atoms with Gasteiger partial charge in [0.05, 0.1) is 5.92 Å². The van der Waals surface area contributed by atoms with Crippen LogP contribution in [-0.4, -0.2) is 17.1 Å². The third kappa shape index (κ3) is 4.57. The SMILES string of the molecule is CC(C)(C)c1ccc(CNC2CCCC(C(=O)O)C2)cc1. The Bertz CT molecular complexity index is 473. The average Bonchev–Trinajstić information content (AvgIpc) is 2.45. The maximum absolute atomic E-state index is 11.1. The van der Waals surface area contributed by atoms with Gasteiger partial charge in [-0.2, -0.15) is 0 Å². The second kappa shape index (κ2) is 6.61. The lowest BCUT2D eigenvalue weighted by molar-refractivity contribution is -0.143. The first kappa shape index (κ1) is 16.0. The third-order valence-corrected chi connectivity index (χ3v) is 4.44. The Hall–Kier alpha value is -1.35. The van der Waals surface area contributed by atoms with Crippen LogP contribution in [0, 0.1) is 5.92 Å². The molecule has 116 valence electrons. The van der Waals surface area contributed by atoms with Gasteiger partial charge in [-0.05, 0) is 35.8 Å². The Balaban J connectivity index is 1.87. The van der Waals surface area contributed by atoms with Gasteiger partial charge in [-0.3, -0.25) is 4.79 Å². The molecular formula is C18H27NO2. The molecule has 2 atom stereocenters. The molecule has 2 N–H and O–H groups in total. The summed E-state index contributed by atoms with van der Waals surface area (Å²) in [4.78, 5) is 11.1. The molecule has 0 aromatic heterocycles. The van der Waals surface area contributed by atoms with Crippen molar-refractivity contribution in [1.82, 2.24) is 5.32 Å². The summed E-state index contributed by atoms with van der Waals surface area (Å²) in [6.07, 6.45) is 3.69. The first-order valence-electron chi connectivity index (χ1n) is 7.92. The zero-order valence-electron chi connectivity index (χ0n) is 13.4. The molecule has 0 heterocycles. The summed E-state index contributed by atoms with van der Waals surface area (Å²) in [6, 6.07) is 9.06. The molecule has 3 heteroatoms. The highest BCUT2D eigenvalue weighted by molar-refractivity contribution is 5.70. The fraction of sp³-hybridized carbons (Fsp3) is 0.611. The number of benzene rings is 1. The first-order chi connectivity index (χ1) is 9.86. The molecule has 1 aromatic rings. The summed E-state index contributed by atoms with van der Waals surface area (Å²) in [5.74, 6) is -0.810. The minimum absolute atomic E-state index is 0.167. The monoisotopic (exact) mass is 289 g/mol. The predicted octanol–water partition coefficient (Wildman–Crippen LogP) is 3.72. The minimum Gasteiger partial charge on any atom is -0.481 e. The standard InChI is InChI=1S/C18H27NO2/c1-18(2,3)15-9-7-13(8-10-15)12-19-16-6-4-5-14(11-16)17(20)21/h7-10,14,16,19H,4-6,11-12H2,1-3H3,(H,20,21). The van der Waals surface area contributed by atoms with Crippen LogP contribution in [0.3, 0.4) is 0 Å².